The Morgan fingerprint density at radius 2 is 1.76 bits per heavy atom. The molecule has 1 aromatic rings. The van der Waals surface area contributed by atoms with E-state index in [1.807, 2.05) is 0 Å². The number of carboxylic acids is 1. The van der Waals surface area contributed by atoms with Crippen LogP contribution in [-0.2, 0) is 9.59 Å². The first-order valence-electron chi connectivity index (χ1n) is 5.02. The van der Waals surface area contributed by atoms with Gasteiger partial charge in [-0.15, -0.1) is 0 Å². The number of carbonyl (C=O) groups excluding carboxylic acids is 2. The van der Waals surface area contributed by atoms with Crippen LogP contribution in [-0.4, -0.2) is 22.6 Å². The summed E-state index contributed by atoms with van der Waals surface area (Å²) in [4.78, 5) is 33.0. The van der Waals surface area contributed by atoms with Gasteiger partial charge in [-0.25, -0.2) is 4.39 Å². The molecule has 17 heavy (non-hydrogen) atoms. The van der Waals surface area contributed by atoms with Gasteiger partial charge in [-0.05, 0) is 12.1 Å². The molecule has 0 atom stereocenters. The van der Waals surface area contributed by atoms with Gasteiger partial charge in [-0.2, -0.15) is 0 Å². The Morgan fingerprint density at radius 3 is 2.35 bits per heavy atom. The summed E-state index contributed by atoms with van der Waals surface area (Å²) in [6.07, 6.45) is -0.993. The number of carboxylic acid groups (broad SMARTS) is 1. The van der Waals surface area contributed by atoms with Gasteiger partial charge in [0.1, 0.15) is 11.6 Å². The Kier molecular flexibility index (Phi) is 4.51. The summed E-state index contributed by atoms with van der Waals surface area (Å²) in [6, 6.07) is 5.37. The minimum absolute atomic E-state index is 0.142. The summed E-state index contributed by atoms with van der Waals surface area (Å²) >= 11 is 0. The van der Waals surface area contributed by atoms with Crippen LogP contribution in [0.15, 0.2) is 24.3 Å². The standard InChI is InChI=1S/C12H11FO4/c13-10-4-2-1-3-9(10)11(15)7-8(14)5-6-12(16)17/h1-4H,5-7H2,(H,16,17). The number of hydrogen-bond acceptors (Lipinski definition) is 3. The van der Waals surface area contributed by atoms with Gasteiger partial charge in [0.25, 0.3) is 0 Å². The summed E-state index contributed by atoms with van der Waals surface area (Å²) in [5.74, 6) is -2.90. The van der Waals surface area contributed by atoms with Crippen molar-refractivity contribution in [2.75, 3.05) is 0 Å². The summed E-state index contributed by atoms with van der Waals surface area (Å²) < 4.78 is 13.2. The molecule has 0 heterocycles. The lowest BCUT2D eigenvalue weighted by Crippen LogP contribution is -2.11. The molecule has 1 rings (SSSR count). The number of carbonyl (C=O) groups is 3. The number of rotatable bonds is 6. The lowest BCUT2D eigenvalue weighted by molar-refractivity contribution is -0.138. The first-order valence-corrected chi connectivity index (χ1v) is 5.02. The lowest BCUT2D eigenvalue weighted by atomic mass is 10.0. The number of halogens is 1. The van der Waals surface area contributed by atoms with E-state index in [1.54, 1.807) is 0 Å². The topological polar surface area (TPSA) is 71.4 Å². The van der Waals surface area contributed by atoms with Crippen molar-refractivity contribution in [3.05, 3.63) is 35.6 Å². The minimum atomic E-state index is -1.10. The summed E-state index contributed by atoms with van der Waals surface area (Å²) in [6.45, 7) is 0. The van der Waals surface area contributed by atoms with Crippen LogP contribution in [0, 0.1) is 5.82 Å². The van der Waals surface area contributed by atoms with Gasteiger partial charge in [0.2, 0.25) is 0 Å². The Bertz CT molecular complexity index is 454. The van der Waals surface area contributed by atoms with Gasteiger partial charge in [0.05, 0.1) is 18.4 Å². The van der Waals surface area contributed by atoms with E-state index in [0.29, 0.717) is 0 Å². The third-order valence-electron chi connectivity index (χ3n) is 2.15. The van der Waals surface area contributed by atoms with E-state index in [1.165, 1.54) is 18.2 Å². The van der Waals surface area contributed by atoms with Gasteiger partial charge in [-0.3, -0.25) is 14.4 Å². The number of benzene rings is 1. The maximum absolute atomic E-state index is 13.2. The highest BCUT2D eigenvalue weighted by molar-refractivity contribution is 6.08. The molecule has 0 aliphatic rings. The van der Waals surface area contributed by atoms with Crippen LogP contribution in [0.5, 0.6) is 0 Å². The molecule has 1 N–H and O–H groups in total. The van der Waals surface area contributed by atoms with Crippen molar-refractivity contribution in [3.63, 3.8) is 0 Å². The molecule has 1 aromatic carbocycles. The van der Waals surface area contributed by atoms with Crippen molar-refractivity contribution in [2.45, 2.75) is 19.3 Å². The smallest absolute Gasteiger partial charge is 0.303 e. The zero-order valence-corrected chi connectivity index (χ0v) is 8.98. The van der Waals surface area contributed by atoms with Crippen LogP contribution in [0.25, 0.3) is 0 Å². The minimum Gasteiger partial charge on any atom is -0.481 e. The van der Waals surface area contributed by atoms with E-state index in [9.17, 15) is 18.8 Å². The van der Waals surface area contributed by atoms with E-state index in [4.69, 9.17) is 5.11 Å². The number of aliphatic carboxylic acids is 1. The van der Waals surface area contributed by atoms with Crippen LogP contribution in [0.3, 0.4) is 0 Å². The molecular weight excluding hydrogens is 227 g/mol. The quantitative estimate of drug-likeness (QED) is 0.606. The molecule has 0 unspecified atom stereocenters. The van der Waals surface area contributed by atoms with Crippen molar-refractivity contribution in [1.82, 2.24) is 0 Å². The summed E-state index contributed by atoms with van der Waals surface area (Å²) in [7, 11) is 0. The predicted octanol–water partition coefficient (Wildman–Crippen LogP) is 1.83. The molecule has 0 amide bonds. The molecule has 0 spiro atoms. The molecule has 4 nitrogen and oxygen atoms in total. The predicted molar refractivity (Wildman–Crippen MR) is 57.2 cm³/mol. The van der Waals surface area contributed by atoms with Crippen LogP contribution in [0.2, 0.25) is 0 Å². The van der Waals surface area contributed by atoms with E-state index in [2.05, 4.69) is 0 Å². The van der Waals surface area contributed by atoms with Crippen LogP contribution in [0.4, 0.5) is 4.39 Å². The summed E-state index contributed by atoms with van der Waals surface area (Å²) in [5, 5.41) is 8.36. The average Bonchev–Trinajstić information content (AvgIpc) is 2.26. The highest BCUT2D eigenvalue weighted by Crippen LogP contribution is 2.10. The maximum atomic E-state index is 13.2. The van der Waals surface area contributed by atoms with Crippen molar-refractivity contribution >= 4 is 17.5 Å². The molecule has 0 aromatic heterocycles. The van der Waals surface area contributed by atoms with E-state index < -0.39 is 29.8 Å². The van der Waals surface area contributed by atoms with Gasteiger partial charge in [-0.1, -0.05) is 12.1 Å². The highest BCUT2D eigenvalue weighted by Gasteiger charge is 2.15. The SMILES string of the molecule is O=C(O)CCC(=O)CC(=O)c1ccccc1F. The fourth-order valence-electron chi connectivity index (χ4n) is 1.30. The maximum Gasteiger partial charge on any atom is 0.303 e. The first kappa shape index (κ1) is 13.0. The summed E-state index contributed by atoms with van der Waals surface area (Å²) in [5.41, 5.74) is -0.142. The zero-order valence-electron chi connectivity index (χ0n) is 8.98. The molecule has 0 saturated heterocycles. The van der Waals surface area contributed by atoms with E-state index in [-0.39, 0.29) is 18.4 Å². The van der Waals surface area contributed by atoms with Gasteiger partial charge < -0.3 is 5.11 Å². The van der Waals surface area contributed by atoms with E-state index in [0.717, 1.165) is 6.07 Å². The molecule has 0 bridgehead atoms. The van der Waals surface area contributed by atoms with Crippen molar-refractivity contribution in [2.24, 2.45) is 0 Å². The second-order valence-electron chi connectivity index (χ2n) is 3.51. The molecule has 0 aliphatic heterocycles. The lowest BCUT2D eigenvalue weighted by Gasteiger charge is -2.01. The molecule has 0 fully saturated rings. The molecule has 0 radical (unpaired) electrons. The normalized spacial score (nSPS) is 9.94. The second-order valence-corrected chi connectivity index (χ2v) is 3.51. The number of ketones is 2. The van der Waals surface area contributed by atoms with Crippen LogP contribution < -0.4 is 0 Å². The Morgan fingerprint density at radius 1 is 1.12 bits per heavy atom. The highest BCUT2D eigenvalue weighted by atomic mass is 19.1. The van der Waals surface area contributed by atoms with Crippen molar-refractivity contribution in [1.29, 1.82) is 0 Å². The Balaban J connectivity index is 2.58. The molecular formula is C12H11FO4. The third-order valence-corrected chi connectivity index (χ3v) is 2.15. The molecule has 0 saturated carbocycles. The van der Waals surface area contributed by atoms with E-state index >= 15 is 0 Å². The second kappa shape index (κ2) is 5.89. The number of Topliss-reactive ketones (excluding diaryl/α,β-unsaturated/α-hetero) is 2. The molecule has 90 valence electrons. The van der Waals surface area contributed by atoms with Crippen molar-refractivity contribution < 1.29 is 23.9 Å². The zero-order chi connectivity index (χ0) is 12.8. The monoisotopic (exact) mass is 238 g/mol. The van der Waals surface area contributed by atoms with Gasteiger partial charge >= 0.3 is 5.97 Å². The molecule has 5 heteroatoms. The number of hydrogen-bond donors (Lipinski definition) is 1. The first-order chi connectivity index (χ1) is 8.00. The van der Waals surface area contributed by atoms with Crippen molar-refractivity contribution in [3.8, 4) is 0 Å². The average molecular weight is 238 g/mol. The Labute approximate surface area is 97.1 Å². The van der Waals surface area contributed by atoms with Crippen LogP contribution >= 0.6 is 0 Å². The fraction of sp³-hybridized carbons (Fsp3) is 0.250. The molecule has 0 aliphatic carbocycles. The largest absolute Gasteiger partial charge is 0.481 e. The Hall–Kier alpha value is -2.04. The van der Waals surface area contributed by atoms with Gasteiger partial charge in [0.15, 0.2) is 5.78 Å². The third kappa shape index (κ3) is 4.14. The fourth-order valence-corrected chi connectivity index (χ4v) is 1.30. The van der Waals surface area contributed by atoms with Crippen LogP contribution in [0.1, 0.15) is 29.6 Å². The van der Waals surface area contributed by atoms with Gasteiger partial charge in [0, 0.05) is 6.42 Å².